The molecule has 0 atom stereocenters. The quantitative estimate of drug-likeness (QED) is 0.360. The van der Waals surface area contributed by atoms with E-state index < -0.39 is 5.63 Å². The number of thiophene rings is 1. The highest BCUT2D eigenvalue weighted by Gasteiger charge is 2.23. The minimum Gasteiger partial charge on any atom is -0.497 e. The van der Waals surface area contributed by atoms with E-state index in [4.69, 9.17) is 13.7 Å². The SMILES string of the molecule is COc1ccc2c(C)c(CCC(=O)N3CCN(Cc4nc(-c5cccs5)no4)CC3)c(=O)oc2c1. The van der Waals surface area contributed by atoms with Crippen molar-refractivity contribution in [1.29, 1.82) is 0 Å². The molecule has 0 spiro atoms. The zero-order valence-electron chi connectivity index (χ0n) is 19.7. The number of fused-ring (bicyclic) bond motifs is 1. The van der Waals surface area contributed by atoms with Crippen LogP contribution in [0.3, 0.4) is 0 Å². The number of nitrogens with zero attached hydrogens (tertiary/aromatic N) is 4. The Labute approximate surface area is 205 Å². The average Bonchev–Trinajstić information content (AvgIpc) is 3.56. The first-order chi connectivity index (χ1) is 17.0. The number of carbonyl (C=O) groups is 1. The fourth-order valence-corrected chi connectivity index (χ4v) is 5.00. The number of hydrogen-bond acceptors (Lipinski definition) is 9. The average molecular weight is 495 g/mol. The molecule has 1 saturated heterocycles. The minimum atomic E-state index is -0.401. The number of rotatable bonds is 7. The van der Waals surface area contributed by atoms with Gasteiger partial charge in [0, 0.05) is 49.6 Å². The monoisotopic (exact) mass is 494 g/mol. The summed E-state index contributed by atoms with van der Waals surface area (Å²) in [4.78, 5) is 34.9. The lowest BCUT2D eigenvalue weighted by Gasteiger charge is -2.34. The van der Waals surface area contributed by atoms with Gasteiger partial charge in [-0.25, -0.2) is 4.79 Å². The molecule has 0 radical (unpaired) electrons. The standard InChI is InChI=1S/C25H26N4O5S/c1-16-18-6-5-17(32-2)14-20(18)33-25(31)19(16)7-8-23(30)29-11-9-28(10-12-29)15-22-26-24(27-34-22)21-4-3-13-35-21/h3-6,13-14H,7-12,15H2,1-2H3. The summed E-state index contributed by atoms with van der Waals surface area (Å²) in [6, 6.07) is 9.34. The van der Waals surface area contributed by atoms with E-state index in [1.165, 1.54) is 0 Å². The predicted octanol–water partition coefficient (Wildman–Crippen LogP) is 3.50. The van der Waals surface area contributed by atoms with Gasteiger partial charge in [-0.3, -0.25) is 9.69 Å². The lowest BCUT2D eigenvalue weighted by molar-refractivity contribution is -0.133. The molecular weight excluding hydrogens is 468 g/mol. The van der Waals surface area contributed by atoms with Crippen molar-refractivity contribution in [3.63, 3.8) is 0 Å². The molecule has 1 amide bonds. The van der Waals surface area contributed by atoms with Gasteiger partial charge in [-0.1, -0.05) is 11.2 Å². The Balaban J connectivity index is 1.15. The molecule has 4 aromatic rings. The highest BCUT2D eigenvalue weighted by Crippen LogP contribution is 2.25. The van der Waals surface area contributed by atoms with Crippen LogP contribution >= 0.6 is 11.3 Å². The minimum absolute atomic E-state index is 0.0380. The van der Waals surface area contributed by atoms with Gasteiger partial charge in [0.1, 0.15) is 11.3 Å². The van der Waals surface area contributed by atoms with Crippen LogP contribution < -0.4 is 10.4 Å². The smallest absolute Gasteiger partial charge is 0.339 e. The van der Waals surface area contributed by atoms with Crippen molar-refractivity contribution in [1.82, 2.24) is 19.9 Å². The van der Waals surface area contributed by atoms with Gasteiger partial charge >= 0.3 is 5.63 Å². The van der Waals surface area contributed by atoms with Crippen molar-refractivity contribution < 1.29 is 18.5 Å². The van der Waals surface area contributed by atoms with E-state index >= 15 is 0 Å². The van der Waals surface area contributed by atoms with E-state index in [0.717, 1.165) is 28.9 Å². The number of benzene rings is 1. The summed E-state index contributed by atoms with van der Waals surface area (Å²) >= 11 is 1.57. The van der Waals surface area contributed by atoms with Crippen molar-refractivity contribution in [2.75, 3.05) is 33.3 Å². The molecule has 1 aromatic carbocycles. The maximum Gasteiger partial charge on any atom is 0.339 e. The Kier molecular flexibility index (Phi) is 6.65. The first-order valence-electron chi connectivity index (χ1n) is 11.5. The lowest BCUT2D eigenvalue weighted by atomic mass is 10.0. The predicted molar refractivity (Wildman–Crippen MR) is 132 cm³/mol. The van der Waals surface area contributed by atoms with Gasteiger partial charge in [-0.2, -0.15) is 4.98 Å². The number of amides is 1. The van der Waals surface area contributed by atoms with Crippen LogP contribution in [-0.4, -0.2) is 59.1 Å². The number of carbonyl (C=O) groups excluding carboxylic acids is 1. The van der Waals surface area contributed by atoms with Crippen LogP contribution in [0.4, 0.5) is 0 Å². The molecule has 0 N–H and O–H groups in total. The summed E-state index contributed by atoms with van der Waals surface area (Å²) in [6.07, 6.45) is 0.615. The summed E-state index contributed by atoms with van der Waals surface area (Å²) in [5.74, 6) is 1.85. The van der Waals surface area contributed by atoms with Crippen LogP contribution in [0.2, 0.25) is 0 Å². The molecule has 182 valence electrons. The van der Waals surface area contributed by atoms with Crippen LogP contribution in [0.5, 0.6) is 5.75 Å². The molecule has 10 heteroatoms. The zero-order valence-corrected chi connectivity index (χ0v) is 20.5. The van der Waals surface area contributed by atoms with Crippen LogP contribution in [0.25, 0.3) is 21.7 Å². The lowest BCUT2D eigenvalue weighted by Crippen LogP contribution is -2.48. The normalized spacial score (nSPS) is 14.5. The van der Waals surface area contributed by atoms with Gasteiger partial charge in [0.15, 0.2) is 0 Å². The molecular formula is C25H26N4O5S. The van der Waals surface area contributed by atoms with E-state index in [0.29, 0.717) is 54.7 Å². The summed E-state index contributed by atoms with van der Waals surface area (Å²) in [6.45, 7) is 5.14. The first-order valence-corrected chi connectivity index (χ1v) is 12.4. The summed E-state index contributed by atoms with van der Waals surface area (Å²) < 4.78 is 16.1. The largest absolute Gasteiger partial charge is 0.497 e. The van der Waals surface area contributed by atoms with Crippen molar-refractivity contribution in [2.45, 2.75) is 26.3 Å². The highest BCUT2D eigenvalue weighted by atomic mass is 32.1. The first kappa shape index (κ1) is 23.3. The maximum absolute atomic E-state index is 12.9. The molecule has 4 heterocycles. The van der Waals surface area contributed by atoms with E-state index in [-0.39, 0.29) is 12.3 Å². The van der Waals surface area contributed by atoms with E-state index in [1.807, 2.05) is 41.5 Å². The third-order valence-electron chi connectivity index (χ3n) is 6.38. The molecule has 5 rings (SSSR count). The number of aryl methyl sites for hydroxylation is 1. The highest BCUT2D eigenvalue weighted by molar-refractivity contribution is 7.13. The van der Waals surface area contributed by atoms with Gasteiger partial charge in [0.25, 0.3) is 0 Å². The van der Waals surface area contributed by atoms with Crippen molar-refractivity contribution in [2.24, 2.45) is 0 Å². The number of methoxy groups -OCH3 is 1. The molecule has 9 nitrogen and oxygen atoms in total. The summed E-state index contributed by atoms with van der Waals surface area (Å²) in [5.41, 5.74) is 1.48. The molecule has 1 aliphatic rings. The third kappa shape index (κ3) is 4.98. The van der Waals surface area contributed by atoms with Gasteiger partial charge < -0.3 is 18.6 Å². The molecule has 0 aliphatic carbocycles. The van der Waals surface area contributed by atoms with E-state index in [1.54, 1.807) is 24.5 Å². The Morgan fingerprint density at radius 2 is 2.03 bits per heavy atom. The molecule has 1 aliphatic heterocycles. The number of hydrogen-bond donors (Lipinski definition) is 0. The van der Waals surface area contributed by atoms with Crippen LogP contribution in [0.1, 0.15) is 23.4 Å². The van der Waals surface area contributed by atoms with E-state index in [9.17, 15) is 9.59 Å². The Hall–Kier alpha value is -3.50. The molecule has 3 aromatic heterocycles. The van der Waals surface area contributed by atoms with Crippen LogP contribution in [-0.2, 0) is 17.8 Å². The second-order valence-electron chi connectivity index (χ2n) is 8.50. The Morgan fingerprint density at radius 3 is 2.77 bits per heavy atom. The number of ether oxygens (including phenoxy) is 1. The molecule has 35 heavy (non-hydrogen) atoms. The Morgan fingerprint density at radius 1 is 1.20 bits per heavy atom. The second-order valence-corrected chi connectivity index (χ2v) is 9.45. The molecule has 0 unspecified atom stereocenters. The Bertz CT molecular complexity index is 1390. The zero-order chi connectivity index (χ0) is 24.4. The van der Waals surface area contributed by atoms with E-state index in [2.05, 4.69) is 15.0 Å². The van der Waals surface area contributed by atoms with Gasteiger partial charge in [-0.15, -0.1) is 11.3 Å². The fraction of sp³-hybridized carbons (Fsp3) is 0.360. The van der Waals surface area contributed by atoms with Crippen LogP contribution in [0.15, 0.2) is 49.4 Å². The van der Waals surface area contributed by atoms with Crippen molar-refractivity contribution >= 4 is 28.2 Å². The second kappa shape index (κ2) is 10.0. The fourth-order valence-electron chi connectivity index (χ4n) is 4.35. The van der Waals surface area contributed by atoms with Crippen molar-refractivity contribution in [3.05, 3.63) is 63.1 Å². The summed E-state index contributed by atoms with van der Waals surface area (Å²) in [5, 5.41) is 6.89. The number of aromatic nitrogens is 2. The molecule has 0 saturated carbocycles. The summed E-state index contributed by atoms with van der Waals surface area (Å²) in [7, 11) is 1.57. The maximum atomic E-state index is 12.9. The van der Waals surface area contributed by atoms with Crippen molar-refractivity contribution in [3.8, 4) is 16.5 Å². The topological polar surface area (TPSA) is 102 Å². The van der Waals surface area contributed by atoms with Crippen LogP contribution in [0, 0.1) is 6.92 Å². The number of piperazine rings is 1. The van der Waals surface area contributed by atoms with Gasteiger partial charge in [-0.05, 0) is 42.5 Å². The molecule has 1 fully saturated rings. The molecule has 0 bridgehead atoms. The third-order valence-corrected chi connectivity index (χ3v) is 7.24. The van der Waals surface area contributed by atoms with Gasteiger partial charge in [0.2, 0.25) is 17.6 Å². The van der Waals surface area contributed by atoms with Gasteiger partial charge in [0.05, 0.1) is 18.5 Å².